The van der Waals surface area contributed by atoms with Gasteiger partial charge in [-0.3, -0.25) is 0 Å². The molecule has 84 valence electrons. The van der Waals surface area contributed by atoms with Gasteiger partial charge < -0.3 is 5.32 Å². The second-order valence-electron chi connectivity index (χ2n) is 4.21. The van der Waals surface area contributed by atoms with Crippen LogP contribution in [0.25, 0.3) is 0 Å². The van der Waals surface area contributed by atoms with Crippen LogP contribution in [0.2, 0.25) is 5.28 Å². The maximum Gasteiger partial charge on any atom is 0.224 e. The minimum absolute atomic E-state index is 0.0493. The molecule has 0 unspecified atom stereocenters. The van der Waals surface area contributed by atoms with Crippen LogP contribution in [0.1, 0.15) is 27.2 Å². The summed E-state index contributed by atoms with van der Waals surface area (Å²) in [6.07, 6.45) is 2.07. The van der Waals surface area contributed by atoms with Gasteiger partial charge in [0.2, 0.25) is 5.28 Å². The van der Waals surface area contributed by atoms with Gasteiger partial charge >= 0.3 is 0 Å². The van der Waals surface area contributed by atoms with Crippen LogP contribution in [0.5, 0.6) is 0 Å². The number of rotatable bonds is 4. The molecule has 0 fully saturated rings. The highest BCUT2D eigenvalue weighted by Crippen LogP contribution is 2.21. The highest BCUT2D eigenvalue weighted by Gasteiger charge is 2.16. The number of hydrogen-bond acceptors (Lipinski definition) is 3. The fraction of sp³-hybridized carbons (Fsp3) is 0.600. The Labute approximate surface area is 94.1 Å². The first-order valence-electron chi connectivity index (χ1n) is 4.86. The van der Waals surface area contributed by atoms with Crippen molar-refractivity contribution >= 4 is 17.4 Å². The van der Waals surface area contributed by atoms with Gasteiger partial charge in [-0.05, 0) is 23.4 Å². The summed E-state index contributed by atoms with van der Waals surface area (Å²) in [7, 11) is 0. The van der Waals surface area contributed by atoms with E-state index in [1.54, 1.807) is 0 Å². The second kappa shape index (κ2) is 4.75. The largest absolute Gasteiger partial charge is 0.367 e. The average Bonchev–Trinajstić information content (AvgIpc) is 2.20. The van der Waals surface area contributed by atoms with E-state index in [0.717, 1.165) is 12.6 Å². The Morgan fingerprint density at radius 1 is 1.53 bits per heavy atom. The molecule has 0 aliphatic carbocycles. The Balaban J connectivity index is 2.69. The van der Waals surface area contributed by atoms with Crippen molar-refractivity contribution in [3.05, 3.63) is 17.3 Å². The van der Waals surface area contributed by atoms with Crippen molar-refractivity contribution in [2.75, 3.05) is 11.9 Å². The third kappa shape index (κ3) is 3.63. The van der Waals surface area contributed by atoms with E-state index in [2.05, 4.69) is 36.1 Å². The third-order valence-corrected chi connectivity index (χ3v) is 2.59. The molecule has 0 aromatic carbocycles. The lowest BCUT2D eigenvalue weighted by atomic mass is 9.90. The highest BCUT2D eigenvalue weighted by molar-refractivity contribution is 6.28. The fourth-order valence-electron chi connectivity index (χ4n) is 0.918. The topological polar surface area (TPSA) is 37.8 Å². The molecule has 0 bridgehead atoms. The van der Waals surface area contributed by atoms with Gasteiger partial charge in [0.1, 0.15) is 0 Å². The van der Waals surface area contributed by atoms with E-state index in [4.69, 9.17) is 11.6 Å². The number of anilines is 1. The first-order valence-corrected chi connectivity index (χ1v) is 5.24. The minimum atomic E-state index is -0.480. The van der Waals surface area contributed by atoms with Crippen LogP contribution in [0, 0.1) is 11.2 Å². The fourth-order valence-corrected chi connectivity index (χ4v) is 1.05. The van der Waals surface area contributed by atoms with Crippen molar-refractivity contribution in [1.29, 1.82) is 0 Å². The lowest BCUT2D eigenvalue weighted by Crippen LogP contribution is -2.23. The Hall–Kier alpha value is -0.900. The van der Waals surface area contributed by atoms with Gasteiger partial charge in [-0.2, -0.15) is 4.98 Å². The normalized spacial score (nSPS) is 11.5. The molecule has 5 heteroatoms. The van der Waals surface area contributed by atoms with Crippen molar-refractivity contribution in [2.45, 2.75) is 27.2 Å². The summed E-state index contributed by atoms with van der Waals surface area (Å²) in [6.45, 7) is 6.93. The summed E-state index contributed by atoms with van der Waals surface area (Å²) < 4.78 is 13.2. The van der Waals surface area contributed by atoms with Crippen molar-refractivity contribution < 1.29 is 4.39 Å². The standard InChI is InChI=1S/C10H15ClFN3/c1-4-10(2,3)6-14-8-7(12)5-13-9(11)15-8/h5H,4,6H2,1-3H3,(H,13,14,15). The Kier molecular flexibility index (Phi) is 3.85. The average molecular weight is 232 g/mol. The van der Waals surface area contributed by atoms with Crippen LogP contribution < -0.4 is 5.32 Å². The molecule has 0 radical (unpaired) electrons. The number of hydrogen-bond donors (Lipinski definition) is 1. The van der Waals surface area contributed by atoms with Crippen molar-refractivity contribution in [2.24, 2.45) is 5.41 Å². The van der Waals surface area contributed by atoms with Crippen molar-refractivity contribution in [1.82, 2.24) is 9.97 Å². The Morgan fingerprint density at radius 3 is 2.80 bits per heavy atom. The van der Waals surface area contributed by atoms with E-state index in [1.807, 2.05) is 0 Å². The van der Waals surface area contributed by atoms with E-state index in [0.29, 0.717) is 6.54 Å². The van der Waals surface area contributed by atoms with Gasteiger partial charge in [-0.25, -0.2) is 9.37 Å². The van der Waals surface area contributed by atoms with Gasteiger partial charge in [0.15, 0.2) is 11.6 Å². The molecule has 1 N–H and O–H groups in total. The third-order valence-electron chi connectivity index (χ3n) is 2.41. The number of aromatic nitrogens is 2. The van der Waals surface area contributed by atoms with Gasteiger partial charge in [-0.15, -0.1) is 0 Å². The molecule has 3 nitrogen and oxygen atoms in total. The first-order chi connectivity index (χ1) is 6.94. The minimum Gasteiger partial charge on any atom is -0.367 e. The molecule has 0 aliphatic rings. The highest BCUT2D eigenvalue weighted by atomic mass is 35.5. The van der Waals surface area contributed by atoms with Crippen LogP contribution in [0.15, 0.2) is 6.20 Å². The smallest absolute Gasteiger partial charge is 0.224 e. The first kappa shape index (κ1) is 12.2. The lowest BCUT2D eigenvalue weighted by Gasteiger charge is -2.23. The van der Waals surface area contributed by atoms with Crippen LogP contribution >= 0.6 is 11.6 Å². The summed E-state index contributed by atoms with van der Waals surface area (Å²) in [5, 5.41) is 2.98. The predicted molar refractivity (Wildman–Crippen MR) is 59.6 cm³/mol. The van der Waals surface area contributed by atoms with Gasteiger partial charge in [-0.1, -0.05) is 20.8 Å². The molecular weight excluding hydrogens is 217 g/mol. The zero-order valence-electron chi connectivity index (χ0n) is 9.14. The van der Waals surface area contributed by atoms with E-state index >= 15 is 0 Å². The second-order valence-corrected chi connectivity index (χ2v) is 4.54. The quantitative estimate of drug-likeness (QED) is 0.810. The van der Waals surface area contributed by atoms with E-state index in [9.17, 15) is 4.39 Å². The van der Waals surface area contributed by atoms with E-state index in [1.165, 1.54) is 0 Å². The molecule has 0 amide bonds. The molecule has 0 saturated heterocycles. The number of nitrogens with one attached hydrogen (secondary N) is 1. The molecule has 0 aliphatic heterocycles. The van der Waals surface area contributed by atoms with Crippen molar-refractivity contribution in [3.63, 3.8) is 0 Å². The molecule has 1 aromatic rings. The molecule has 1 aromatic heterocycles. The maximum atomic E-state index is 13.2. The van der Waals surface area contributed by atoms with Crippen LogP contribution in [0.4, 0.5) is 10.2 Å². The van der Waals surface area contributed by atoms with Gasteiger partial charge in [0, 0.05) is 6.54 Å². The van der Waals surface area contributed by atoms with Crippen LogP contribution in [0.3, 0.4) is 0 Å². The summed E-state index contributed by atoms with van der Waals surface area (Å²) >= 11 is 5.57. The lowest BCUT2D eigenvalue weighted by molar-refractivity contribution is 0.376. The summed E-state index contributed by atoms with van der Waals surface area (Å²) in [4.78, 5) is 7.32. The van der Waals surface area contributed by atoms with E-state index in [-0.39, 0.29) is 16.5 Å². The molecule has 1 rings (SSSR count). The summed E-state index contributed by atoms with van der Waals surface area (Å²) in [5.41, 5.74) is 0.101. The van der Waals surface area contributed by atoms with Crippen LogP contribution in [-0.4, -0.2) is 16.5 Å². The monoisotopic (exact) mass is 231 g/mol. The maximum absolute atomic E-state index is 13.2. The summed E-state index contributed by atoms with van der Waals surface area (Å²) in [5.74, 6) is -0.317. The predicted octanol–water partition coefficient (Wildman–Crippen LogP) is 3.12. The SMILES string of the molecule is CCC(C)(C)CNc1nc(Cl)ncc1F. The number of halogens is 2. The summed E-state index contributed by atoms with van der Waals surface area (Å²) in [6, 6.07) is 0. The molecule has 15 heavy (non-hydrogen) atoms. The van der Waals surface area contributed by atoms with Crippen LogP contribution in [-0.2, 0) is 0 Å². The zero-order chi connectivity index (χ0) is 11.5. The molecule has 0 spiro atoms. The number of nitrogens with zero attached hydrogens (tertiary/aromatic N) is 2. The van der Waals surface area contributed by atoms with Gasteiger partial charge in [0.05, 0.1) is 6.20 Å². The Morgan fingerprint density at radius 2 is 2.20 bits per heavy atom. The van der Waals surface area contributed by atoms with Crippen molar-refractivity contribution in [3.8, 4) is 0 Å². The van der Waals surface area contributed by atoms with Gasteiger partial charge in [0.25, 0.3) is 0 Å². The zero-order valence-corrected chi connectivity index (χ0v) is 9.90. The van der Waals surface area contributed by atoms with E-state index < -0.39 is 5.82 Å². The molecule has 1 heterocycles. The Bertz CT molecular complexity index is 341. The molecule has 0 saturated carbocycles. The molecule has 0 atom stereocenters. The molecular formula is C10H15ClFN3.